The number of rotatable bonds is 2. The van der Waals surface area contributed by atoms with Crippen LogP contribution in [0.25, 0.3) is 10.9 Å². The lowest BCUT2D eigenvalue weighted by molar-refractivity contribution is -0.136. The fourth-order valence-corrected chi connectivity index (χ4v) is 3.14. The van der Waals surface area contributed by atoms with E-state index in [4.69, 9.17) is 5.73 Å². The molecule has 1 aliphatic rings. The van der Waals surface area contributed by atoms with Gasteiger partial charge in [-0.2, -0.15) is 13.2 Å². The van der Waals surface area contributed by atoms with E-state index < -0.39 is 23.2 Å². The lowest BCUT2D eigenvalue weighted by Crippen LogP contribution is -2.35. The maximum atomic E-state index is 13.6. The molecular weight excluding hydrogens is 319 g/mol. The number of pyridine rings is 1. The molecule has 0 saturated carbocycles. The molecule has 1 aliphatic heterocycles. The largest absolute Gasteiger partial charge is 0.417 e. The molecule has 24 heavy (non-hydrogen) atoms. The molecule has 2 aromatic rings. The van der Waals surface area contributed by atoms with Crippen molar-refractivity contribution < 1.29 is 18.0 Å². The Morgan fingerprint density at radius 2 is 2.08 bits per heavy atom. The van der Waals surface area contributed by atoms with Crippen LogP contribution < -0.4 is 5.73 Å². The number of para-hydroxylation sites is 1. The van der Waals surface area contributed by atoms with Crippen LogP contribution >= 0.6 is 0 Å². The number of nitrogens with two attached hydrogens (primary N) is 1. The van der Waals surface area contributed by atoms with Crippen molar-refractivity contribution in [1.82, 2.24) is 9.88 Å². The maximum absolute atomic E-state index is 13.6. The van der Waals surface area contributed by atoms with E-state index in [2.05, 4.69) is 4.98 Å². The number of likely N-dealkylation sites (tertiary alicyclic amines) is 1. The molecule has 7 heteroatoms. The first-order chi connectivity index (χ1) is 11.2. The van der Waals surface area contributed by atoms with Crippen molar-refractivity contribution in [1.29, 1.82) is 0 Å². The Balaban J connectivity index is 2.08. The van der Waals surface area contributed by atoms with E-state index in [1.807, 2.05) is 6.92 Å². The number of carbonyl (C=O) groups is 1. The topological polar surface area (TPSA) is 59.2 Å². The van der Waals surface area contributed by atoms with E-state index in [-0.39, 0.29) is 16.3 Å². The molecule has 1 aromatic carbocycles. The second kappa shape index (κ2) is 5.73. The van der Waals surface area contributed by atoms with Crippen LogP contribution in [0.2, 0.25) is 0 Å². The number of alkyl halides is 3. The van der Waals surface area contributed by atoms with Crippen molar-refractivity contribution in [3.05, 3.63) is 41.6 Å². The number of fused-ring (bicyclic) bond motifs is 1. The molecule has 1 fully saturated rings. The number of aromatic nitrogens is 1. The van der Waals surface area contributed by atoms with Gasteiger partial charge in [-0.1, -0.05) is 25.1 Å². The van der Waals surface area contributed by atoms with Gasteiger partial charge >= 0.3 is 6.18 Å². The van der Waals surface area contributed by atoms with Crippen molar-refractivity contribution >= 4 is 16.8 Å². The average Bonchev–Trinajstić information content (AvgIpc) is 2.95. The highest BCUT2D eigenvalue weighted by atomic mass is 19.4. The van der Waals surface area contributed by atoms with Crippen molar-refractivity contribution in [3.63, 3.8) is 0 Å². The molecule has 0 aliphatic carbocycles. The molecule has 4 nitrogen and oxygen atoms in total. The van der Waals surface area contributed by atoms with Crippen LogP contribution in [-0.2, 0) is 6.18 Å². The fraction of sp³-hybridized carbons (Fsp3) is 0.412. The quantitative estimate of drug-likeness (QED) is 0.916. The molecule has 1 aromatic heterocycles. The number of amides is 1. The van der Waals surface area contributed by atoms with E-state index in [1.54, 1.807) is 6.07 Å². The molecule has 2 heterocycles. The van der Waals surface area contributed by atoms with Gasteiger partial charge < -0.3 is 10.6 Å². The van der Waals surface area contributed by atoms with Crippen LogP contribution in [0.3, 0.4) is 0 Å². The normalized spacial score (nSPS) is 21.5. The second-order valence-corrected chi connectivity index (χ2v) is 6.55. The minimum atomic E-state index is -4.63. The predicted octanol–water partition coefficient (Wildman–Crippen LogP) is 3.06. The molecule has 0 bridgehead atoms. The molecule has 1 atom stereocenters. The highest BCUT2D eigenvalue weighted by molar-refractivity contribution is 6.00. The van der Waals surface area contributed by atoms with Gasteiger partial charge in [-0.3, -0.25) is 9.78 Å². The molecule has 1 amide bonds. The van der Waals surface area contributed by atoms with Crippen LogP contribution in [0.5, 0.6) is 0 Å². The number of carbonyl (C=O) groups excluding carboxylic acids is 1. The van der Waals surface area contributed by atoms with Crippen molar-refractivity contribution in [2.24, 2.45) is 11.1 Å². The van der Waals surface area contributed by atoms with Gasteiger partial charge in [-0.15, -0.1) is 0 Å². The Hall–Kier alpha value is -2.15. The molecule has 0 radical (unpaired) electrons. The van der Waals surface area contributed by atoms with E-state index in [1.165, 1.54) is 23.1 Å². The van der Waals surface area contributed by atoms with E-state index in [0.29, 0.717) is 26.1 Å². The van der Waals surface area contributed by atoms with E-state index in [0.717, 1.165) is 6.20 Å². The summed E-state index contributed by atoms with van der Waals surface area (Å²) in [5.41, 5.74) is 4.36. The molecule has 2 N–H and O–H groups in total. The number of benzene rings is 1. The third-order valence-electron chi connectivity index (χ3n) is 4.63. The summed E-state index contributed by atoms with van der Waals surface area (Å²) in [6, 6.07) is 5.97. The molecular formula is C17H18F3N3O. The summed E-state index contributed by atoms with van der Waals surface area (Å²) in [5, 5.41) is -0.0587. The summed E-state index contributed by atoms with van der Waals surface area (Å²) in [7, 11) is 0. The zero-order valence-electron chi connectivity index (χ0n) is 13.2. The zero-order valence-corrected chi connectivity index (χ0v) is 13.2. The Bertz CT molecular complexity index is 790. The minimum absolute atomic E-state index is 0.0587. The first-order valence-corrected chi connectivity index (χ1v) is 7.69. The molecule has 1 saturated heterocycles. The zero-order chi connectivity index (χ0) is 17.5. The smallest absolute Gasteiger partial charge is 0.338 e. The van der Waals surface area contributed by atoms with E-state index in [9.17, 15) is 18.0 Å². The average molecular weight is 337 g/mol. The van der Waals surface area contributed by atoms with Gasteiger partial charge in [0.1, 0.15) is 0 Å². The Morgan fingerprint density at radius 1 is 1.38 bits per heavy atom. The lowest BCUT2D eigenvalue weighted by atomic mass is 9.90. The van der Waals surface area contributed by atoms with Gasteiger partial charge in [-0.05, 0) is 24.4 Å². The summed E-state index contributed by atoms with van der Waals surface area (Å²) in [6.45, 7) is 3.07. The summed E-state index contributed by atoms with van der Waals surface area (Å²) in [6.07, 6.45) is -2.92. The van der Waals surface area contributed by atoms with E-state index >= 15 is 0 Å². The third-order valence-corrected chi connectivity index (χ3v) is 4.63. The standard InChI is InChI=1S/C17H18F3N3O/c1-16(9-21)6-7-23(10-16)15(24)12-8-22-13-5-3-2-4-11(13)14(12)17(18,19)20/h2-5,8H,6-7,9-10,21H2,1H3. The predicted molar refractivity (Wildman–Crippen MR) is 84.4 cm³/mol. The molecule has 128 valence electrons. The highest BCUT2D eigenvalue weighted by Gasteiger charge is 2.41. The first kappa shape index (κ1) is 16.7. The van der Waals surface area contributed by atoms with Gasteiger partial charge in [0, 0.05) is 24.7 Å². The Labute approximate surface area is 137 Å². The minimum Gasteiger partial charge on any atom is -0.338 e. The lowest BCUT2D eigenvalue weighted by Gasteiger charge is -2.24. The second-order valence-electron chi connectivity index (χ2n) is 6.55. The highest BCUT2D eigenvalue weighted by Crippen LogP contribution is 2.38. The molecule has 0 spiro atoms. The van der Waals surface area contributed by atoms with Crippen molar-refractivity contribution in [2.45, 2.75) is 19.5 Å². The van der Waals surface area contributed by atoms with Gasteiger partial charge in [0.2, 0.25) is 0 Å². The molecule has 3 rings (SSSR count). The van der Waals surface area contributed by atoms with Gasteiger partial charge in [0.25, 0.3) is 5.91 Å². The number of hydrogen-bond acceptors (Lipinski definition) is 3. The fourth-order valence-electron chi connectivity index (χ4n) is 3.14. The Kier molecular flexibility index (Phi) is 3.99. The number of hydrogen-bond donors (Lipinski definition) is 1. The summed E-state index contributed by atoms with van der Waals surface area (Å²) in [5.74, 6) is -0.641. The van der Waals surface area contributed by atoms with Crippen molar-refractivity contribution in [3.8, 4) is 0 Å². The maximum Gasteiger partial charge on any atom is 0.417 e. The van der Waals surface area contributed by atoms with Crippen LogP contribution in [0.15, 0.2) is 30.5 Å². The van der Waals surface area contributed by atoms with Crippen LogP contribution in [0.1, 0.15) is 29.3 Å². The summed E-state index contributed by atoms with van der Waals surface area (Å²) >= 11 is 0. The summed E-state index contributed by atoms with van der Waals surface area (Å²) in [4.78, 5) is 18.2. The SMILES string of the molecule is CC1(CN)CCN(C(=O)c2cnc3ccccc3c2C(F)(F)F)C1. The van der Waals surface area contributed by atoms with Crippen LogP contribution in [0.4, 0.5) is 13.2 Å². The van der Waals surface area contributed by atoms with Crippen LogP contribution in [-0.4, -0.2) is 35.4 Å². The monoisotopic (exact) mass is 337 g/mol. The van der Waals surface area contributed by atoms with Crippen LogP contribution in [0, 0.1) is 5.41 Å². The first-order valence-electron chi connectivity index (χ1n) is 7.69. The van der Waals surface area contributed by atoms with Gasteiger partial charge in [-0.25, -0.2) is 0 Å². The molecule has 1 unspecified atom stereocenters. The van der Waals surface area contributed by atoms with Gasteiger partial charge in [0.05, 0.1) is 16.6 Å². The van der Waals surface area contributed by atoms with Crippen molar-refractivity contribution in [2.75, 3.05) is 19.6 Å². The number of halogens is 3. The Morgan fingerprint density at radius 3 is 2.71 bits per heavy atom. The summed E-state index contributed by atoms with van der Waals surface area (Å²) < 4.78 is 40.9. The van der Waals surface area contributed by atoms with Gasteiger partial charge in [0.15, 0.2) is 0 Å². The third kappa shape index (κ3) is 2.84. The number of nitrogens with zero attached hydrogens (tertiary/aromatic N) is 2.